The first-order valence-corrected chi connectivity index (χ1v) is 8.22. The molecule has 0 bridgehead atoms. The van der Waals surface area contributed by atoms with E-state index < -0.39 is 32.7 Å². The summed E-state index contributed by atoms with van der Waals surface area (Å²) in [7, 11) is -3.86. The fraction of sp³-hybridized carbons (Fsp3) is 0.462. The first-order valence-electron chi connectivity index (χ1n) is 6.57. The van der Waals surface area contributed by atoms with Gasteiger partial charge in [0.25, 0.3) is 5.69 Å². The molecule has 2 N–H and O–H groups in total. The maximum absolute atomic E-state index is 12.0. The van der Waals surface area contributed by atoms with Crippen LogP contribution in [0.2, 0.25) is 0 Å². The van der Waals surface area contributed by atoms with Gasteiger partial charge in [-0.05, 0) is 17.9 Å². The molecule has 1 atom stereocenters. The van der Waals surface area contributed by atoms with Gasteiger partial charge in [0.05, 0.1) is 10.7 Å². The van der Waals surface area contributed by atoms with Crippen LogP contribution in [-0.4, -0.2) is 30.5 Å². The molecule has 0 radical (unpaired) electrons. The third kappa shape index (κ3) is 5.78. The average Bonchev–Trinajstić information content (AvgIpc) is 2.37. The number of hydrogen-bond acceptors (Lipinski definition) is 5. The number of carboxylic acids is 1. The van der Waals surface area contributed by atoms with Crippen LogP contribution < -0.4 is 4.72 Å². The smallest absolute Gasteiger partial charge is 0.321 e. The van der Waals surface area contributed by atoms with Gasteiger partial charge < -0.3 is 5.11 Å². The molecule has 0 fully saturated rings. The predicted molar refractivity (Wildman–Crippen MR) is 79.7 cm³/mol. The third-order valence-corrected chi connectivity index (χ3v) is 4.19. The van der Waals surface area contributed by atoms with Gasteiger partial charge in [0.15, 0.2) is 0 Å². The first-order chi connectivity index (χ1) is 10.1. The number of carbonyl (C=O) groups is 1. The summed E-state index contributed by atoms with van der Waals surface area (Å²) in [5.74, 6) is -1.66. The van der Waals surface area contributed by atoms with Crippen molar-refractivity contribution in [2.45, 2.75) is 32.1 Å². The van der Waals surface area contributed by atoms with E-state index in [-0.39, 0.29) is 18.0 Å². The van der Waals surface area contributed by atoms with E-state index in [1.165, 1.54) is 24.3 Å². The van der Waals surface area contributed by atoms with Gasteiger partial charge in [0.1, 0.15) is 6.04 Å². The highest BCUT2D eigenvalue weighted by atomic mass is 32.2. The lowest BCUT2D eigenvalue weighted by Crippen LogP contribution is -2.42. The van der Waals surface area contributed by atoms with E-state index in [1.807, 2.05) is 0 Å². The number of benzene rings is 1. The Hall–Kier alpha value is -2.00. The van der Waals surface area contributed by atoms with E-state index in [9.17, 15) is 23.3 Å². The second-order valence-corrected chi connectivity index (χ2v) is 7.07. The van der Waals surface area contributed by atoms with Crippen molar-refractivity contribution < 1.29 is 23.2 Å². The molecule has 0 aliphatic rings. The van der Waals surface area contributed by atoms with Crippen molar-refractivity contribution in [3.63, 3.8) is 0 Å². The Morgan fingerprint density at radius 3 is 2.27 bits per heavy atom. The number of rotatable bonds is 8. The van der Waals surface area contributed by atoms with Crippen LogP contribution in [-0.2, 0) is 20.6 Å². The molecule has 1 rings (SSSR count). The van der Waals surface area contributed by atoms with Crippen molar-refractivity contribution in [1.29, 1.82) is 0 Å². The second kappa shape index (κ2) is 7.32. The number of sulfonamides is 1. The minimum Gasteiger partial charge on any atom is -0.480 e. The average molecular weight is 330 g/mol. The number of nitrogens with zero attached hydrogens (tertiary/aromatic N) is 1. The van der Waals surface area contributed by atoms with Crippen molar-refractivity contribution in [2.75, 3.05) is 0 Å². The summed E-state index contributed by atoms with van der Waals surface area (Å²) in [6.45, 7) is 3.58. The molecule has 0 heterocycles. The number of nitrogens with one attached hydrogen (secondary N) is 1. The topological polar surface area (TPSA) is 127 Å². The highest BCUT2D eigenvalue weighted by Gasteiger charge is 2.25. The number of aliphatic carboxylic acids is 1. The van der Waals surface area contributed by atoms with Crippen molar-refractivity contribution in [2.24, 2.45) is 5.92 Å². The molecule has 0 aliphatic carbocycles. The molecule has 122 valence electrons. The quantitative estimate of drug-likeness (QED) is 0.549. The summed E-state index contributed by atoms with van der Waals surface area (Å²) in [6, 6.07) is 3.87. The predicted octanol–water partition coefficient (Wildman–Crippen LogP) is 1.51. The molecular formula is C13H18N2O6S. The Kier molecular flexibility index (Phi) is 6.01. The van der Waals surface area contributed by atoms with E-state index in [4.69, 9.17) is 5.11 Å². The minimum absolute atomic E-state index is 0.0168. The molecular weight excluding hydrogens is 312 g/mol. The van der Waals surface area contributed by atoms with Gasteiger partial charge in [-0.3, -0.25) is 14.9 Å². The maximum atomic E-state index is 12.0. The number of nitro benzene ring substituents is 1. The van der Waals surface area contributed by atoms with Gasteiger partial charge in [0, 0.05) is 12.1 Å². The van der Waals surface area contributed by atoms with Gasteiger partial charge in [-0.2, -0.15) is 0 Å². The van der Waals surface area contributed by atoms with Crippen molar-refractivity contribution >= 4 is 21.7 Å². The molecule has 0 spiro atoms. The summed E-state index contributed by atoms with van der Waals surface area (Å²) in [5.41, 5.74) is 0.198. The third-order valence-electron chi connectivity index (χ3n) is 2.83. The van der Waals surface area contributed by atoms with Gasteiger partial charge in [-0.25, -0.2) is 13.1 Å². The SMILES string of the molecule is CC(C)CC(NS(=O)(=O)Cc1ccc([N+](=O)[O-])cc1)C(=O)O. The molecule has 22 heavy (non-hydrogen) atoms. The fourth-order valence-corrected chi connectivity index (χ4v) is 3.21. The number of non-ortho nitro benzene ring substituents is 1. The largest absolute Gasteiger partial charge is 0.480 e. The normalized spacial score (nSPS) is 13.0. The monoisotopic (exact) mass is 330 g/mol. The zero-order valence-electron chi connectivity index (χ0n) is 12.2. The molecule has 0 amide bonds. The van der Waals surface area contributed by atoms with Crippen LogP contribution >= 0.6 is 0 Å². The van der Waals surface area contributed by atoms with Crippen LogP contribution in [0.15, 0.2) is 24.3 Å². The Labute approximate surface area is 128 Å². The molecule has 0 saturated heterocycles. The minimum atomic E-state index is -3.86. The zero-order chi connectivity index (χ0) is 16.9. The maximum Gasteiger partial charge on any atom is 0.321 e. The highest BCUT2D eigenvalue weighted by Crippen LogP contribution is 2.14. The summed E-state index contributed by atoms with van der Waals surface area (Å²) >= 11 is 0. The number of hydrogen-bond donors (Lipinski definition) is 2. The molecule has 0 aromatic heterocycles. The van der Waals surface area contributed by atoms with Crippen molar-refractivity contribution in [3.05, 3.63) is 39.9 Å². The van der Waals surface area contributed by atoms with Gasteiger partial charge >= 0.3 is 5.97 Å². The molecule has 8 nitrogen and oxygen atoms in total. The lowest BCUT2D eigenvalue weighted by Gasteiger charge is -2.16. The van der Waals surface area contributed by atoms with E-state index >= 15 is 0 Å². The highest BCUT2D eigenvalue weighted by molar-refractivity contribution is 7.88. The second-order valence-electron chi connectivity index (χ2n) is 5.32. The van der Waals surface area contributed by atoms with Gasteiger partial charge in [0.2, 0.25) is 10.0 Å². The summed E-state index contributed by atoms with van der Waals surface area (Å²) < 4.78 is 26.2. The number of carboxylic acid groups (broad SMARTS) is 1. The Morgan fingerprint density at radius 2 is 1.86 bits per heavy atom. The van der Waals surface area contributed by atoms with Crippen LogP contribution in [0, 0.1) is 16.0 Å². The lowest BCUT2D eigenvalue weighted by atomic mass is 10.1. The molecule has 1 unspecified atom stereocenters. The Bertz CT molecular complexity index is 639. The summed E-state index contributed by atoms with van der Waals surface area (Å²) in [6.07, 6.45) is 0.175. The van der Waals surface area contributed by atoms with E-state index in [1.54, 1.807) is 13.8 Å². The van der Waals surface area contributed by atoms with Crippen LogP contribution in [0.3, 0.4) is 0 Å². The molecule has 0 aliphatic heterocycles. The van der Waals surface area contributed by atoms with Crippen LogP contribution in [0.5, 0.6) is 0 Å². The standard InChI is InChI=1S/C13H18N2O6S/c1-9(2)7-12(13(16)17)14-22(20,21)8-10-3-5-11(6-4-10)15(18)19/h3-6,9,12,14H,7-8H2,1-2H3,(H,16,17). The summed E-state index contributed by atoms with van der Waals surface area (Å²) in [4.78, 5) is 21.0. The summed E-state index contributed by atoms with van der Waals surface area (Å²) in [5, 5.41) is 19.6. The van der Waals surface area contributed by atoms with Crippen molar-refractivity contribution in [3.8, 4) is 0 Å². The van der Waals surface area contributed by atoms with Gasteiger partial charge in [-0.1, -0.05) is 26.0 Å². The molecule has 1 aromatic rings. The first kappa shape index (κ1) is 18.1. The lowest BCUT2D eigenvalue weighted by molar-refractivity contribution is -0.384. The number of nitro groups is 1. The van der Waals surface area contributed by atoms with Gasteiger partial charge in [-0.15, -0.1) is 0 Å². The van der Waals surface area contributed by atoms with Crippen molar-refractivity contribution in [1.82, 2.24) is 4.72 Å². The van der Waals surface area contributed by atoms with E-state index in [0.29, 0.717) is 5.56 Å². The zero-order valence-corrected chi connectivity index (χ0v) is 13.0. The molecule has 0 saturated carbocycles. The van der Waals surface area contributed by atoms with Crippen LogP contribution in [0.25, 0.3) is 0 Å². The fourth-order valence-electron chi connectivity index (χ4n) is 1.86. The molecule has 1 aromatic carbocycles. The Morgan fingerprint density at radius 1 is 1.32 bits per heavy atom. The Balaban J connectivity index is 2.81. The molecule has 9 heteroatoms. The van der Waals surface area contributed by atoms with Crippen LogP contribution in [0.4, 0.5) is 5.69 Å². The van der Waals surface area contributed by atoms with Crippen LogP contribution in [0.1, 0.15) is 25.8 Å². The van der Waals surface area contributed by atoms with E-state index in [0.717, 1.165) is 0 Å². The van der Waals surface area contributed by atoms with E-state index in [2.05, 4.69) is 4.72 Å².